The second kappa shape index (κ2) is 10.2. The van der Waals surface area contributed by atoms with Gasteiger partial charge in [-0.3, -0.25) is 0 Å². The molecule has 1 N–H and O–H groups in total. The number of allylic oxidation sites excluding steroid dienone is 1. The molecular weight excluding hydrogens is 282 g/mol. The molecule has 128 valence electrons. The van der Waals surface area contributed by atoms with Crippen LogP contribution < -0.4 is 5.32 Å². The summed E-state index contributed by atoms with van der Waals surface area (Å²) in [4.78, 5) is 24.0. The summed E-state index contributed by atoms with van der Waals surface area (Å²) in [6, 6.07) is -0.682. The van der Waals surface area contributed by atoms with E-state index in [1.807, 2.05) is 13.0 Å². The van der Waals surface area contributed by atoms with Gasteiger partial charge in [0.25, 0.3) is 0 Å². The SMILES string of the molecule is C=CCCCC[C@@H](C)C(NC(=O)OC(C)(C)C)C(=O)OCC. The molecule has 0 saturated carbocycles. The summed E-state index contributed by atoms with van der Waals surface area (Å²) in [5, 5.41) is 2.64. The summed E-state index contributed by atoms with van der Waals surface area (Å²) in [5.41, 5.74) is -0.601. The fourth-order valence-electron chi connectivity index (χ4n) is 2.02. The van der Waals surface area contributed by atoms with E-state index in [4.69, 9.17) is 9.47 Å². The van der Waals surface area contributed by atoms with Crippen molar-refractivity contribution < 1.29 is 19.1 Å². The summed E-state index contributed by atoms with van der Waals surface area (Å²) in [6.45, 7) is 13.0. The molecule has 0 fully saturated rings. The number of carbonyl (C=O) groups is 2. The summed E-state index contributed by atoms with van der Waals surface area (Å²) in [7, 11) is 0. The number of alkyl carbamates (subject to hydrolysis) is 1. The van der Waals surface area contributed by atoms with Gasteiger partial charge in [0.15, 0.2) is 0 Å². The number of esters is 1. The fourth-order valence-corrected chi connectivity index (χ4v) is 2.02. The van der Waals surface area contributed by atoms with Gasteiger partial charge in [-0.15, -0.1) is 6.58 Å². The number of rotatable bonds is 9. The standard InChI is InChI=1S/C17H31NO4/c1-7-9-10-11-12-13(3)14(15(19)21-8-2)18-16(20)22-17(4,5)6/h7,13-14H,1,8-12H2,2-6H3,(H,18,20)/t13-,14?/m1/s1. The molecule has 0 radical (unpaired) electrons. The summed E-state index contributed by atoms with van der Waals surface area (Å²) in [6.07, 6.45) is 5.06. The smallest absolute Gasteiger partial charge is 0.408 e. The number of hydrogen-bond acceptors (Lipinski definition) is 4. The number of nitrogens with one attached hydrogen (secondary N) is 1. The van der Waals surface area contributed by atoms with Gasteiger partial charge >= 0.3 is 12.1 Å². The Morgan fingerprint density at radius 1 is 1.27 bits per heavy atom. The number of carbonyl (C=O) groups excluding carboxylic acids is 2. The van der Waals surface area contributed by atoms with E-state index < -0.39 is 23.7 Å². The Morgan fingerprint density at radius 2 is 1.91 bits per heavy atom. The molecule has 1 unspecified atom stereocenters. The van der Waals surface area contributed by atoms with Gasteiger partial charge in [0, 0.05) is 0 Å². The van der Waals surface area contributed by atoms with Gasteiger partial charge in [0.2, 0.25) is 0 Å². The zero-order valence-corrected chi connectivity index (χ0v) is 14.6. The van der Waals surface area contributed by atoms with Crippen molar-refractivity contribution in [2.75, 3.05) is 6.61 Å². The van der Waals surface area contributed by atoms with Crippen molar-refractivity contribution >= 4 is 12.1 Å². The molecule has 0 aliphatic carbocycles. The lowest BCUT2D eigenvalue weighted by molar-refractivity contribution is -0.147. The van der Waals surface area contributed by atoms with Gasteiger partial charge < -0.3 is 14.8 Å². The third kappa shape index (κ3) is 9.42. The number of hydrogen-bond donors (Lipinski definition) is 1. The molecule has 0 aliphatic rings. The highest BCUT2D eigenvalue weighted by Gasteiger charge is 2.29. The highest BCUT2D eigenvalue weighted by atomic mass is 16.6. The van der Waals surface area contributed by atoms with Crippen LogP contribution in [0.15, 0.2) is 12.7 Å². The minimum atomic E-state index is -0.682. The molecule has 1 amide bonds. The van der Waals surface area contributed by atoms with Crippen molar-refractivity contribution in [1.82, 2.24) is 5.32 Å². The second-order valence-electron chi connectivity index (χ2n) is 6.43. The van der Waals surface area contributed by atoms with Crippen molar-refractivity contribution in [1.29, 1.82) is 0 Å². The van der Waals surface area contributed by atoms with E-state index in [1.54, 1.807) is 27.7 Å². The topological polar surface area (TPSA) is 64.6 Å². The zero-order valence-electron chi connectivity index (χ0n) is 14.6. The minimum absolute atomic E-state index is 0.0172. The van der Waals surface area contributed by atoms with Crippen LogP contribution in [0.3, 0.4) is 0 Å². The van der Waals surface area contributed by atoms with Gasteiger partial charge in [-0.25, -0.2) is 9.59 Å². The Hall–Kier alpha value is -1.52. The number of unbranched alkanes of at least 4 members (excludes halogenated alkanes) is 2. The summed E-state index contributed by atoms with van der Waals surface area (Å²) in [5.74, 6) is -0.430. The van der Waals surface area contributed by atoms with Crippen molar-refractivity contribution in [2.45, 2.75) is 71.9 Å². The molecule has 0 spiro atoms. The van der Waals surface area contributed by atoms with Crippen LogP contribution in [0.5, 0.6) is 0 Å². The fraction of sp³-hybridized carbons (Fsp3) is 0.765. The first-order valence-electron chi connectivity index (χ1n) is 7.98. The largest absolute Gasteiger partial charge is 0.464 e. The summed E-state index contributed by atoms with van der Waals surface area (Å²) < 4.78 is 10.3. The van der Waals surface area contributed by atoms with Gasteiger partial charge in [-0.1, -0.05) is 19.4 Å². The van der Waals surface area contributed by atoms with E-state index in [2.05, 4.69) is 11.9 Å². The normalized spacial score (nSPS) is 13.9. The zero-order chi connectivity index (χ0) is 17.2. The molecule has 0 saturated heterocycles. The molecule has 5 nitrogen and oxygen atoms in total. The van der Waals surface area contributed by atoms with Gasteiger partial charge in [0.05, 0.1) is 6.61 Å². The van der Waals surface area contributed by atoms with Crippen LogP contribution in [-0.4, -0.2) is 30.3 Å². The Labute approximate surface area is 134 Å². The molecular formula is C17H31NO4. The third-order valence-corrected chi connectivity index (χ3v) is 3.10. The van der Waals surface area contributed by atoms with Crippen LogP contribution in [-0.2, 0) is 14.3 Å². The van der Waals surface area contributed by atoms with Gasteiger partial charge in [0.1, 0.15) is 11.6 Å². The lowest BCUT2D eigenvalue weighted by Crippen LogP contribution is -2.47. The van der Waals surface area contributed by atoms with Crippen LogP contribution in [0, 0.1) is 5.92 Å². The first-order valence-corrected chi connectivity index (χ1v) is 7.98. The van der Waals surface area contributed by atoms with Crippen molar-refractivity contribution in [3.05, 3.63) is 12.7 Å². The lowest BCUT2D eigenvalue weighted by atomic mass is 9.95. The predicted octanol–water partition coefficient (Wildman–Crippen LogP) is 3.83. The molecule has 0 rings (SSSR count). The molecule has 5 heteroatoms. The van der Waals surface area contributed by atoms with E-state index >= 15 is 0 Å². The van der Waals surface area contributed by atoms with Crippen molar-refractivity contribution in [2.24, 2.45) is 5.92 Å². The Balaban J connectivity index is 4.64. The number of amides is 1. The Morgan fingerprint density at radius 3 is 2.41 bits per heavy atom. The maximum absolute atomic E-state index is 12.1. The van der Waals surface area contributed by atoms with Crippen molar-refractivity contribution in [3.63, 3.8) is 0 Å². The van der Waals surface area contributed by atoms with E-state index in [0.717, 1.165) is 25.7 Å². The molecule has 0 heterocycles. The minimum Gasteiger partial charge on any atom is -0.464 e. The Bertz CT molecular complexity index is 360. The third-order valence-electron chi connectivity index (χ3n) is 3.10. The lowest BCUT2D eigenvalue weighted by Gasteiger charge is -2.26. The predicted molar refractivity (Wildman–Crippen MR) is 87.6 cm³/mol. The van der Waals surface area contributed by atoms with Crippen LogP contribution in [0.4, 0.5) is 4.79 Å². The average molecular weight is 313 g/mol. The quantitative estimate of drug-likeness (QED) is 0.399. The highest BCUT2D eigenvalue weighted by molar-refractivity contribution is 5.81. The molecule has 0 aromatic rings. The molecule has 0 aromatic carbocycles. The van der Waals surface area contributed by atoms with Crippen LogP contribution in [0.1, 0.15) is 60.3 Å². The molecule has 0 aliphatic heterocycles. The molecule has 0 bridgehead atoms. The maximum Gasteiger partial charge on any atom is 0.408 e. The molecule has 0 aromatic heterocycles. The first-order chi connectivity index (χ1) is 10.2. The second-order valence-corrected chi connectivity index (χ2v) is 6.43. The van der Waals surface area contributed by atoms with E-state index in [0.29, 0.717) is 0 Å². The van der Waals surface area contributed by atoms with Crippen LogP contribution in [0.2, 0.25) is 0 Å². The molecule has 22 heavy (non-hydrogen) atoms. The maximum atomic E-state index is 12.1. The van der Waals surface area contributed by atoms with Gasteiger partial charge in [-0.05, 0) is 52.9 Å². The first kappa shape index (κ1) is 20.5. The van der Waals surface area contributed by atoms with E-state index in [9.17, 15) is 9.59 Å². The van der Waals surface area contributed by atoms with E-state index in [-0.39, 0.29) is 12.5 Å². The molecule has 2 atom stereocenters. The highest BCUT2D eigenvalue weighted by Crippen LogP contribution is 2.16. The number of ether oxygens (including phenoxy) is 2. The van der Waals surface area contributed by atoms with Crippen LogP contribution in [0.25, 0.3) is 0 Å². The monoisotopic (exact) mass is 313 g/mol. The van der Waals surface area contributed by atoms with Crippen molar-refractivity contribution in [3.8, 4) is 0 Å². The van der Waals surface area contributed by atoms with Gasteiger partial charge in [-0.2, -0.15) is 0 Å². The summed E-state index contributed by atoms with van der Waals surface area (Å²) >= 11 is 0. The average Bonchev–Trinajstić information content (AvgIpc) is 2.39. The van der Waals surface area contributed by atoms with Crippen LogP contribution >= 0.6 is 0 Å². The Kier molecular flexibility index (Phi) is 9.54. The van der Waals surface area contributed by atoms with E-state index in [1.165, 1.54) is 0 Å².